The van der Waals surface area contributed by atoms with Gasteiger partial charge in [-0.2, -0.15) is 0 Å². The van der Waals surface area contributed by atoms with Gasteiger partial charge in [-0.1, -0.05) is 18.2 Å². The standard InChI is InChI=1S/C29H32N6O2/c1-29(2,3)37-28(36)35(24-9-8-22-18-30-19-23(22)16-24)26-10-12-31-27(32-26)21-7-6-20-11-13-34(25(20)17-21)15-14-33(4)5/h6-13,16-17,19H,14-15,18H2,1-5H3. The molecule has 2 aromatic heterocycles. The van der Waals surface area contributed by atoms with E-state index in [1.54, 1.807) is 12.3 Å². The number of aromatic nitrogens is 3. The second-order valence-corrected chi connectivity index (χ2v) is 10.5. The summed E-state index contributed by atoms with van der Waals surface area (Å²) < 4.78 is 8.01. The van der Waals surface area contributed by atoms with E-state index in [1.807, 2.05) is 51.3 Å². The number of amides is 1. The van der Waals surface area contributed by atoms with Crippen molar-refractivity contribution in [3.63, 3.8) is 0 Å². The van der Waals surface area contributed by atoms with Crippen molar-refractivity contribution in [1.82, 2.24) is 19.4 Å². The van der Waals surface area contributed by atoms with E-state index in [4.69, 9.17) is 9.72 Å². The lowest BCUT2D eigenvalue weighted by Crippen LogP contribution is -2.34. The summed E-state index contributed by atoms with van der Waals surface area (Å²) in [4.78, 5) is 30.8. The highest BCUT2D eigenvalue weighted by Crippen LogP contribution is 2.31. The number of anilines is 2. The maximum atomic E-state index is 13.4. The van der Waals surface area contributed by atoms with Crippen molar-refractivity contribution in [3.05, 3.63) is 72.1 Å². The monoisotopic (exact) mass is 496 g/mol. The zero-order valence-electron chi connectivity index (χ0n) is 22.0. The van der Waals surface area contributed by atoms with E-state index in [9.17, 15) is 4.79 Å². The van der Waals surface area contributed by atoms with Gasteiger partial charge in [0.15, 0.2) is 5.82 Å². The molecule has 0 fully saturated rings. The first-order valence-electron chi connectivity index (χ1n) is 12.4. The average molecular weight is 497 g/mol. The maximum Gasteiger partial charge on any atom is 0.420 e. The number of hydrogen-bond acceptors (Lipinski definition) is 6. The molecule has 1 aliphatic rings. The van der Waals surface area contributed by atoms with Gasteiger partial charge in [-0.05, 0) is 81.7 Å². The summed E-state index contributed by atoms with van der Waals surface area (Å²) in [6.45, 7) is 8.03. The van der Waals surface area contributed by atoms with Crippen LogP contribution in [0.3, 0.4) is 0 Å². The lowest BCUT2D eigenvalue weighted by Gasteiger charge is -2.27. The average Bonchev–Trinajstić information content (AvgIpc) is 3.48. The fraction of sp³-hybridized carbons (Fsp3) is 0.310. The minimum absolute atomic E-state index is 0.442. The van der Waals surface area contributed by atoms with Crippen LogP contribution in [0.15, 0.2) is 65.9 Å². The van der Waals surface area contributed by atoms with Crippen LogP contribution < -0.4 is 4.90 Å². The summed E-state index contributed by atoms with van der Waals surface area (Å²) in [6, 6.07) is 15.9. The Hall–Kier alpha value is -4.04. The highest BCUT2D eigenvalue weighted by molar-refractivity contribution is 5.97. The maximum absolute atomic E-state index is 13.4. The second-order valence-electron chi connectivity index (χ2n) is 10.5. The summed E-state index contributed by atoms with van der Waals surface area (Å²) in [7, 11) is 4.14. The molecule has 5 rings (SSSR count). The van der Waals surface area contributed by atoms with Crippen molar-refractivity contribution in [2.45, 2.75) is 39.5 Å². The van der Waals surface area contributed by atoms with Gasteiger partial charge >= 0.3 is 6.09 Å². The molecule has 2 aromatic carbocycles. The molecular formula is C29H32N6O2. The molecule has 0 unspecified atom stereocenters. The minimum Gasteiger partial charge on any atom is -0.443 e. The highest BCUT2D eigenvalue weighted by atomic mass is 16.6. The first-order valence-corrected chi connectivity index (χ1v) is 12.4. The molecule has 1 amide bonds. The number of hydrogen-bond donors (Lipinski definition) is 0. The van der Waals surface area contributed by atoms with Crippen LogP contribution in [-0.2, 0) is 17.8 Å². The van der Waals surface area contributed by atoms with Gasteiger partial charge in [-0.15, -0.1) is 0 Å². The number of benzene rings is 2. The Morgan fingerprint density at radius 1 is 1.08 bits per heavy atom. The summed E-state index contributed by atoms with van der Waals surface area (Å²) in [5.74, 6) is 0.980. The molecule has 3 heterocycles. The third kappa shape index (κ3) is 5.39. The van der Waals surface area contributed by atoms with Crippen molar-refractivity contribution in [1.29, 1.82) is 0 Å². The Morgan fingerprint density at radius 3 is 2.70 bits per heavy atom. The summed E-state index contributed by atoms with van der Waals surface area (Å²) in [5.41, 5.74) is 4.12. The van der Waals surface area contributed by atoms with Crippen molar-refractivity contribution >= 4 is 34.7 Å². The summed E-state index contributed by atoms with van der Waals surface area (Å²) >= 11 is 0. The molecule has 0 spiro atoms. The Labute approximate surface area is 217 Å². The fourth-order valence-electron chi connectivity index (χ4n) is 4.31. The topological polar surface area (TPSA) is 75.9 Å². The largest absolute Gasteiger partial charge is 0.443 e. The van der Waals surface area contributed by atoms with Gasteiger partial charge in [0.05, 0.1) is 12.2 Å². The third-order valence-electron chi connectivity index (χ3n) is 6.15. The molecule has 0 atom stereocenters. The number of carbonyl (C=O) groups is 1. The van der Waals surface area contributed by atoms with Crippen LogP contribution in [0.1, 0.15) is 31.9 Å². The molecule has 0 saturated carbocycles. The van der Waals surface area contributed by atoms with Crippen molar-refractivity contribution in [2.75, 3.05) is 25.5 Å². The predicted octanol–water partition coefficient (Wildman–Crippen LogP) is 5.67. The first-order chi connectivity index (χ1) is 17.7. The lowest BCUT2D eigenvalue weighted by molar-refractivity contribution is 0.0598. The molecule has 1 aliphatic heterocycles. The smallest absolute Gasteiger partial charge is 0.420 e. The van der Waals surface area contributed by atoms with E-state index < -0.39 is 11.7 Å². The fourth-order valence-corrected chi connectivity index (χ4v) is 4.31. The van der Waals surface area contributed by atoms with Crippen LogP contribution in [0, 0.1) is 0 Å². The minimum atomic E-state index is -0.660. The molecule has 8 heteroatoms. The normalized spacial score (nSPS) is 12.8. The van der Waals surface area contributed by atoms with Gasteiger partial charge in [0, 0.05) is 42.8 Å². The van der Waals surface area contributed by atoms with Gasteiger partial charge in [-0.25, -0.2) is 19.7 Å². The van der Waals surface area contributed by atoms with Crippen molar-refractivity contribution in [2.24, 2.45) is 4.99 Å². The number of carbonyl (C=O) groups excluding carboxylic acids is 1. The molecule has 4 aromatic rings. The Bertz CT molecular complexity index is 1480. The van der Waals surface area contributed by atoms with Crippen molar-refractivity contribution in [3.8, 4) is 11.4 Å². The van der Waals surface area contributed by atoms with E-state index >= 15 is 0 Å². The molecule has 0 N–H and O–H groups in total. The van der Waals surface area contributed by atoms with Gasteiger partial charge in [-0.3, -0.25) is 4.99 Å². The number of fused-ring (bicyclic) bond motifs is 2. The molecule has 0 saturated heterocycles. The van der Waals surface area contributed by atoms with Crippen LogP contribution >= 0.6 is 0 Å². The Balaban J connectivity index is 1.54. The zero-order valence-corrected chi connectivity index (χ0v) is 22.0. The number of rotatable bonds is 6. The van der Waals surface area contributed by atoms with Crippen molar-refractivity contribution < 1.29 is 9.53 Å². The zero-order chi connectivity index (χ0) is 26.2. The number of ether oxygens (including phenoxy) is 1. The number of nitrogens with zero attached hydrogens (tertiary/aromatic N) is 6. The van der Waals surface area contributed by atoms with Crippen LogP contribution in [0.25, 0.3) is 22.3 Å². The van der Waals surface area contributed by atoms with E-state index in [1.165, 1.54) is 4.90 Å². The molecule has 0 radical (unpaired) electrons. The molecule has 0 bridgehead atoms. The van der Waals surface area contributed by atoms with E-state index in [0.717, 1.165) is 40.7 Å². The van der Waals surface area contributed by atoms with Crippen LogP contribution in [-0.4, -0.2) is 58.0 Å². The predicted molar refractivity (Wildman–Crippen MR) is 148 cm³/mol. The second kappa shape index (κ2) is 9.78. The molecule has 37 heavy (non-hydrogen) atoms. The van der Waals surface area contributed by atoms with Crippen LogP contribution in [0.2, 0.25) is 0 Å². The summed E-state index contributed by atoms with van der Waals surface area (Å²) in [5, 5.41) is 1.16. The SMILES string of the molecule is CN(C)CCn1ccc2ccc(-c3nccc(N(C(=O)OC(C)(C)C)c4ccc5c(c4)C=NC5)n3)cc21. The Morgan fingerprint density at radius 2 is 1.92 bits per heavy atom. The van der Waals surface area contributed by atoms with Crippen LogP contribution in [0.4, 0.5) is 16.3 Å². The van der Waals surface area contributed by atoms with Gasteiger partial charge in [0.25, 0.3) is 0 Å². The molecule has 8 nitrogen and oxygen atoms in total. The summed E-state index contributed by atoms with van der Waals surface area (Å²) in [6.07, 6.45) is 5.12. The quantitative estimate of drug-likeness (QED) is 0.344. The van der Waals surface area contributed by atoms with Gasteiger partial charge < -0.3 is 14.2 Å². The third-order valence-corrected chi connectivity index (χ3v) is 6.15. The van der Waals surface area contributed by atoms with Gasteiger partial charge in [0.2, 0.25) is 0 Å². The Kier molecular flexibility index (Phi) is 6.52. The van der Waals surface area contributed by atoms with Crippen LogP contribution in [0.5, 0.6) is 0 Å². The number of likely N-dealkylation sites (N-methyl/N-ethyl adjacent to an activating group) is 1. The van der Waals surface area contributed by atoms with E-state index in [2.05, 4.69) is 57.9 Å². The first kappa shape index (κ1) is 24.6. The molecule has 190 valence electrons. The highest BCUT2D eigenvalue weighted by Gasteiger charge is 2.27. The number of aliphatic imine (C=N–C) groups is 1. The lowest BCUT2D eigenvalue weighted by atomic mass is 10.1. The molecular weight excluding hydrogens is 464 g/mol. The van der Waals surface area contributed by atoms with Gasteiger partial charge in [0.1, 0.15) is 11.4 Å². The van der Waals surface area contributed by atoms with E-state index in [0.29, 0.717) is 23.9 Å². The van der Waals surface area contributed by atoms with E-state index in [-0.39, 0.29) is 0 Å². The molecule has 0 aliphatic carbocycles.